The van der Waals surface area contributed by atoms with Gasteiger partial charge in [0.1, 0.15) is 5.71 Å². The molecule has 20 heavy (non-hydrogen) atoms. The smallest absolute Gasteiger partial charge is 0.155 e. The molecule has 102 valence electrons. The van der Waals surface area contributed by atoms with E-state index in [4.69, 9.17) is 17.3 Å². The first-order valence-corrected chi connectivity index (χ1v) is 6.40. The molecule has 2 N–H and O–H groups in total. The summed E-state index contributed by atoms with van der Waals surface area (Å²) in [6.07, 6.45) is 3.49. The Morgan fingerprint density at radius 1 is 1.40 bits per heavy atom. The van der Waals surface area contributed by atoms with Crippen molar-refractivity contribution in [2.24, 2.45) is 15.0 Å². The van der Waals surface area contributed by atoms with Crippen LogP contribution in [0.15, 0.2) is 51.0 Å². The third kappa shape index (κ3) is 2.70. The van der Waals surface area contributed by atoms with Crippen molar-refractivity contribution in [3.63, 3.8) is 0 Å². The summed E-state index contributed by atoms with van der Waals surface area (Å²) in [5.41, 5.74) is 10.6. The van der Waals surface area contributed by atoms with E-state index in [0.717, 1.165) is 22.4 Å². The van der Waals surface area contributed by atoms with Gasteiger partial charge in [0.05, 0.1) is 5.70 Å². The van der Waals surface area contributed by atoms with Crippen LogP contribution in [-0.2, 0) is 0 Å². The van der Waals surface area contributed by atoms with Crippen molar-refractivity contribution in [1.82, 2.24) is 0 Å². The Labute approximate surface area is 123 Å². The summed E-state index contributed by atoms with van der Waals surface area (Å²) in [5.74, 6) is 0. The van der Waals surface area contributed by atoms with Crippen LogP contribution in [-0.4, -0.2) is 24.6 Å². The summed E-state index contributed by atoms with van der Waals surface area (Å²) < 4.78 is 0. The first-order chi connectivity index (χ1) is 9.56. The zero-order chi connectivity index (χ0) is 14.7. The molecule has 1 aliphatic rings. The third-order valence-corrected chi connectivity index (χ3v) is 3.23. The highest BCUT2D eigenvalue weighted by molar-refractivity contribution is 6.86. The summed E-state index contributed by atoms with van der Waals surface area (Å²) in [6, 6.07) is 5.68. The Hall–Kier alpha value is -2.20. The standard InChI is InChI=1S/C15H15ClN4/c1-9-4-5-11(17)7-12(9)13-6-10(8-18-2)14(19-3)15(16)20-13/h4-8H,2,17H2,1,3H3/b10-8-,19-14?. The topological polar surface area (TPSA) is 63.1 Å². The van der Waals surface area contributed by atoms with Gasteiger partial charge in [-0.25, -0.2) is 4.99 Å². The highest BCUT2D eigenvalue weighted by atomic mass is 35.5. The van der Waals surface area contributed by atoms with Crippen LogP contribution in [0.3, 0.4) is 0 Å². The predicted octanol–water partition coefficient (Wildman–Crippen LogP) is 3.22. The molecule has 5 heteroatoms. The van der Waals surface area contributed by atoms with Gasteiger partial charge in [0.25, 0.3) is 0 Å². The van der Waals surface area contributed by atoms with Crippen LogP contribution in [0.5, 0.6) is 0 Å². The minimum Gasteiger partial charge on any atom is -0.399 e. The first kappa shape index (κ1) is 14.2. The zero-order valence-corrected chi connectivity index (χ0v) is 12.1. The number of anilines is 1. The van der Waals surface area contributed by atoms with Gasteiger partial charge in [0.15, 0.2) is 5.17 Å². The van der Waals surface area contributed by atoms with Crippen molar-refractivity contribution in [3.8, 4) is 0 Å². The average molecular weight is 287 g/mol. The molecule has 2 rings (SSSR count). The molecule has 1 aromatic carbocycles. The van der Waals surface area contributed by atoms with E-state index in [2.05, 4.69) is 21.7 Å². The molecule has 1 aromatic rings. The van der Waals surface area contributed by atoms with E-state index in [1.54, 1.807) is 13.2 Å². The van der Waals surface area contributed by atoms with Crippen molar-refractivity contribution >= 4 is 40.6 Å². The maximum atomic E-state index is 6.19. The molecule has 0 fully saturated rings. The summed E-state index contributed by atoms with van der Waals surface area (Å²) >= 11 is 6.19. The molecule has 1 aliphatic heterocycles. The quantitative estimate of drug-likeness (QED) is 0.658. The van der Waals surface area contributed by atoms with Gasteiger partial charge < -0.3 is 5.73 Å². The molecule has 0 atom stereocenters. The van der Waals surface area contributed by atoms with Gasteiger partial charge in [-0.05, 0) is 37.4 Å². The minimum atomic E-state index is 0.335. The van der Waals surface area contributed by atoms with Crippen LogP contribution >= 0.6 is 11.6 Å². The molecular weight excluding hydrogens is 272 g/mol. The van der Waals surface area contributed by atoms with E-state index in [1.807, 2.05) is 31.2 Å². The Balaban J connectivity index is 2.60. The summed E-state index contributed by atoms with van der Waals surface area (Å²) in [5, 5.41) is 0.335. The molecule has 0 saturated carbocycles. The number of aryl methyl sites for hydroxylation is 1. The number of rotatable bonds is 2. The fraction of sp³-hybridized carbons (Fsp3) is 0.133. The Morgan fingerprint density at radius 2 is 2.15 bits per heavy atom. The van der Waals surface area contributed by atoms with Gasteiger partial charge in [0.2, 0.25) is 0 Å². The predicted molar refractivity (Wildman–Crippen MR) is 87.8 cm³/mol. The maximum absolute atomic E-state index is 6.19. The Bertz CT molecular complexity index is 681. The number of hydrogen-bond donors (Lipinski definition) is 1. The van der Waals surface area contributed by atoms with Crippen LogP contribution in [0, 0.1) is 6.92 Å². The lowest BCUT2D eigenvalue weighted by Gasteiger charge is -2.15. The molecule has 0 bridgehead atoms. The van der Waals surface area contributed by atoms with Crippen molar-refractivity contribution in [2.45, 2.75) is 6.92 Å². The second kappa shape index (κ2) is 5.84. The number of allylic oxidation sites excluding steroid dienone is 2. The number of nitrogen functional groups attached to an aromatic ring is 1. The molecule has 4 nitrogen and oxygen atoms in total. The monoisotopic (exact) mass is 286 g/mol. The molecule has 1 heterocycles. The van der Waals surface area contributed by atoms with Crippen molar-refractivity contribution in [3.05, 3.63) is 47.2 Å². The van der Waals surface area contributed by atoms with E-state index in [9.17, 15) is 0 Å². The van der Waals surface area contributed by atoms with Crippen LogP contribution in [0.2, 0.25) is 0 Å². The number of nitrogens with zero attached hydrogens (tertiary/aromatic N) is 3. The van der Waals surface area contributed by atoms with Gasteiger partial charge in [-0.15, -0.1) is 0 Å². The molecule has 0 spiro atoms. The van der Waals surface area contributed by atoms with E-state index < -0.39 is 0 Å². The Kier molecular flexibility index (Phi) is 4.15. The average Bonchev–Trinajstić information content (AvgIpc) is 2.41. The lowest BCUT2D eigenvalue weighted by Crippen LogP contribution is -2.14. The summed E-state index contributed by atoms with van der Waals surface area (Å²) in [6.45, 7) is 5.46. The highest BCUT2D eigenvalue weighted by Crippen LogP contribution is 2.28. The second-order valence-electron chi connectivity index (χ2n) is 4.35. The molecule has 0 radical (unpaired) electrons. The number of benzene rings is 1. The van der Waals surface area contributed by atoms with Crippen molar-refractivity contribution in [1.29, 1.82) is 0 Å². The highest BCUT2D eigenvalue weighted by Gasteiger charge is 2.18. The molecular formula is C15H15ClN4. The third-order valence-electron chi connectivity index (χ3n) is 2.97. The summed E-state index contributed by atoms with van der Waals surface area (Å²) in [4.78, 5) is 12.3. The molecule has 0 unspecified atom stereocenters. The van der Waals surface area contributed by atoms with Gasteiger partial charge in [0, 0.05) is 30.1 Å². The first-order valence-electron chi connectivity index (χ1n) is 6.02. The largest absolute Gasteiger partial charge is 0.399 e. The normalized spacial score (nSPS) is 18.9. The number of nitrogens with two attached hydrogens (primary N) is 1. The minimum absolute atomic E-state index is 0.335. The Morgan fingerprint density at radius 3 is 2.80 bits per heavy atom. The number of aliphatic imine (C=N–C) groups is 3. The van der Waals surface area contributed by atoms with Gasteiger partial charge >= 0.3 is 0 Å². The van der Waals surface area contributed by atoms with E-state index in [-0.39, 0.29) is 0 Å². The molecule has 0 saturated heterocycles. The van der Waals surface area contributed by atoms with E-state index in [0.29, 0.717) is 16.6 Å². The SMILES string of the molecule is C=N/C=C1/C=C(c2cc(N)ccc2C)N=C(Cl)C1=NC. The van der Waals surface area contributed by atoms with Crippen LogP contribution in [0.1, 0.15) is 11.1 Å². The van der Waals surface area contributed by atoms with Crippen LogP contribution in [0.4, 0.5) is 5.69 Å². The molecule has 0 amide bonds. The lowest BCUT2D eigenvalue weighted by molar-refractivity contribution is 1.37. The van der Waals surface area contributed by atoms with E-state index in [1.165, 1.54) is 0 Å². The number of halogens is 1. The van der Waals surface area contributed by atoms with Crippen LogP contribution in [0.25, 0.3) is 5.70 Å². The molecule has 0 aromatic heterocycles. The van der Waals surface area contributed by atoms with E-state index >= 15 is 0 Å². The van der Waals surface area contributed by atoms with Gasteiger partial charge in [-0.2, -0.15) is 0 Å². The fourth-order valence-electron chi connectivity index (χ4n) is 2.00. The van der Waals surface area contributed by atoms with Gasteiger partial charge in [-0.3, -0.25) is 9.98 Å². The van der Waals surface area contributed by atoms with Crippen LogP contribution < -0.4 is 5.73 Å². The zero-order valence-electron chi connectivity index (χ0n) is 11.4. The van der Waals surface area contributed by atoms with Gasteiger partial charge in [-0.1, -0.05) is 17.7 Å². The number of hydrogen-bond acceptors (Lipinski definition) is 4. The summed E-state index contributed by atoms with van der Waals surface area (Å²) in [7, 11) is 1.66. The lowest BCUT2D eigenvalue weighted by atomic mass is 10.00. The molecule has 0 aliphatic carbocycles. The van der Waals surface area contributed by atoms with Crippen molar-refractivity contribution in [2.75, 3.05) is 12.8 Å². The fourth-order valence-corrected chi connectivity index (χ4v) is 2.28. The van der Waals surface area contributed by atoms with Crippen molar-refractivity contribution < 1.29 is 0 Å². The maximum Gasteiger partial charge on any atom is 0.155 e. The second-order valence-corrected chi connectivity index (χ2v) is 4.70.